The SMILES string of the molecule is Cc1ccc(NC(=O)N2CCC(C)CC2)cc1F. The van der Waals surface area contributed by atoms with Gasteiger partial charge in [-0.3, -0.25) is 0 Å². The Balaban J connectivity index is 1.96. The lowest BCUT2D eigenvalue weighted by Crippen LogP contribution is -2.40. The summed E-state index contributed by atoms with van der Waals surface area (Å²) in [5, 5.41) is 2.74. The largest absolute Gasteiger partial charge is 0.325 e. The first-order chi connectivity index (χ1) is 8.56. The number of hydrogen-bond acceptors (Lipinski definition) is 1. The molecular formula is C14H19FN2O. The highest BCUT2D eigenvalue weighted by molar-refractivity contribution is 5.89. The quantitative estimate of drug-likeness (QED) is 0.814. The first-order valence-electron chi connectivity index (χ1n) is 6.38. The van der Waals surface area contributed by atoms with Crippen molar-refractivity contribution >= 4 is 11.7 Å². The van der Waals surface area contributed by atoms with Crippen molar-refractivity contribution in [2.24, 2.45) is 5.92 Å². The highest BCUT2D eigenvalue weighted by Gasteiger charge is 2.20. The molecule has 4 heteroatoms. The molecular weight excluding hydrogens is 231 g/mol. The van der Waals surface area contributed by atoms with Gasteiger partial charge in [-0.05, 0) is 43.4 Å². The van der Waals surface area contributed by atoms with Crippen molar-refractivity contribution < 1.29 is 9.18 Å². The zero-order chi connectivity index (χ0) is 13.1. The highest BCUT2D eigenvalue weighted by Crippen LogP contribution is 2.18. The van der Waals surface area contributed by atoms with Gasteiger partial charge in [0.15, 0.2) is 0 Å². The van der Waals surface area contributed by atoms with Gasteiger partial charge in [-0.15, -0.1) is 0 Å². The molecule has 0 aliphatic carbocycles. The minimum atomic E-state index is -0.292. The van der Waals surface area contributed by atoms with Crippen LogP contribution in [-0.4, -0.2) is 24.0 Å². The number of urea groups is 1. The second-order valence-corrected chi connectivity index (χ2v) is 5.06. The van der Waals surface area contributed by atoms with Crippen LogP contribution in [-0.2, 0) is 0 Å². The van der Waals surface area contributed by atoms with Gasteiger partial charge in [-0.2, -0.15) is 0 Å². The van der Waals surface area contributed by atoms with Crippen LogP contribution in [0.3, 0.4) is 0 Å². The van der Waals surface area contributed by atoms with Crippen molar-refractivity contribution in [3.05, 3.63) is 29.6 Å². The van der Waals surface area contributed by atoms with Crippen LogP contribution in [0.25, 0.3) is 0 Å². The summed E-state index contributed by atoms with van der Waals surface area (Å²) in [6.45, 7) is 5.46. The van der Waals surface area contributed by atoms with Crippen LogP contribution in [0.5, 0.6) is 0 Å². The number of amides is 2. The number of halogens is 1. The first-order valence-corrected chi connectivity index (χ1v) is 6.38. The molecule has 0 aromatic heterocycles. The van der Waals surface area contributed by atoms with Crippen LogP contribution in [0.4, 0.5) is 14.9 Å². The van der Waals surface area contributed by atoms with E-state index in [0.717, 1.165) is 25.9 Å². The Morgan fingerprint density at radius 3 is 2.67 bits per heavy atom. The fraction of sp³-hybridized carbons (Fsp3) is 0.500. The molecule has 0 atom stereocenters. The molecule has 0 spiro atoms. The molecule has 1 N–H and O–H groups in total. The molecule has 3 nitrogen and oxygen atoms in total. The van der Waals surface area contributed by atoms with E-state index < -0.39 is 0 Å². The topological polar surface area (TPSA) is 32.3 Å². The number of likely N-dealkylation sites (tertiary alicyclic amines) is 1. The molecule has 1 aromatic rings. The van der Waals surface area contributed by atoms with E-state index in [-0.39, 0.29) is 11.8 Å². The average Bonchev–Trinajstić information content (AvgIpc) is 2.34. The van der Waals surface area contributed by atoms with E-state index in [1.807, 2.05) is 0 Å². The number of carbonyl (C=O) groups excluding carboxylic acids is 1. The number of nitrogens with one attached hydrogen (secondary N) is 1. The minimum absolute atomic E-state index is 0.134. The Bertz CT molecular complexity index is 439. The fourth-order valence-electron chi connectivity index (χ4n) is 2.08. The molecule has 1 aliphatic heterocycles. The number of piperidine rings is 1. The van der Waals surface area contributed by atoms with Crippen LogP contribution >= 0.6 is 0 Å². The van der Waals surface area contributed by atoms with Crippen molar-refractivity contribution in [1.29, 1.82) is 0 Å². The van der Waals surface area contributed by atoms with E-state index in [1.54, 1.807) is 24.0 Å². The summed E-state index contributed by atoms with van der Waals surface area (Å²) in [4.78, 5) is 13.8. The van der Waals surface area contributed by atoms with E-state index in [1.165, 1.54) is 6.07 Å². The summed E-state index contributed by atoms with van der Waals surface area (Å²) in [5.74, 6) is 0.394. The number of nitrogens with zero attached hydrogens (tertiary/aromatic N) is 1. The summed E-state index contributed by atoms with van der Waals surface area (Å²) in [6.07, 6.45) is 2.07. The van der Waals surface area contributed by atoms with Crippen LogP contribution in [0, 0.1) is 18.7 Å². The number of carbonyl (C=O) groups is 1. The molecule has 1 fully saturated rings. The van der Waals surface area contributed by atoms with Gasteiger partial charge in [0.25, 0.3) is 0 Å². The average molecular weight is 250 g/mol. The standard InChI is InChI=1S/C14H19FN2O/c1-10-5-7-17(8-6-10)14(18)16-12-4-3-11(2)13(15)9-12/h3-4,9-10H,5-8H2,1-2H3,(H,16,18). The summed E-state index contributed by atoms with van der Waals surface area (Å²) >= 11 is 0. The summed E-state index contributed by atoms with van der Waals surface area (Å²) in [5.41, 5.74) is 1.10. The Morgan fingerprint density at radius 1 is 1.39 bits per heavy atom. The third kappa shape index (κ3) is 3.00. The maximum Gasteiger partial charge on any atom is 0.321 e. The van der Waals surface area contributed by atoms with Crippen LogP contribution < -0.4 is 5.32 Å². The Labute approximate surface area is 107 Å². The molecule has 0 bridgehead atoms. The molecule has 1 saturated heterocycles. The van der Waals surface area contributed by atoms with Gasteiger partial charge in [-0.25, -0.2) is 9.18 Å². The number of aryl methyl sites for hydroxylation is 1. The molecule has 1 aliphatic rings. The molecule has 2 amide bonds. The van der Waals surface area contributed by atoms with Gasteiger partial charge >= 0.3 is 6.03 Å². The second kappa shape index (κ2) is 5.38. The van der Waals surface area contributed by atoms with E-state index in [4.69, 9.17) is 0 Å². The Hall–Kier alpha value is -1.58. The summed E-state index contributed by atoms with van der Waals surface area (Å²) in [6, 6.07) is 4.62. The second-order valence-electron chi connectivity index (χ2n) is 5.06. The molecule has 1 aromatic carbocycles. The van der Waals surface area contributed by atoms with Gasteiger partial charge in [0, 0.05) is 18.8 Å². The monoisotopic (exact) mass is 250 g/mol. The predicted octanol–water partition coefficient (Wildman–Crippen LogP) is 3.40. The Kier molecular flexibility index (Phi) is 3.84. The molecule has 2 rings (SSSR count). The third-order valence-corrected chi connectivity index (χ3v) is 3.49. The lowest BCUT2D eigenvalue weighted by Gasteiger charge is -2.30. The van der Waals surface area contributed by atoms with Crippen molar-refractivity contribution in [2.45, 2.75) is 26.7 Å². The minimum Gasteiger partial charge on any atom is -0.325 e. The lowest BCUT2D eigenvalue weighted by molar-refractivity contribution is 0.186. The number of rotatable bonds is 1. The van der Waals surface area contributed by atoms with Gasteiger partial charge in [-0.1, -0.05) is 13.0 Å². The number of hydrogen-bond donors (Lipinski definition) is 1. The zero-order valence-corrected chi connectivity index (χ0v) is 10.9. The maximum absolute atomic E-state index is 13.4. The van der Waals surface area contributed by atoms with Crippen molar-refractivity contribution in [1.82, 2.24) is 4.90 Å². The first kappa shape index (κ1) is 12.9. The van der Waals surface area contributed by atoms with Gasteiger partial charge in [0.1, 0.15) is 5.82 Å². The third-order valence-electron chi connectivity index (χ3n) is 3.49. The number of anilines is 1. The number of benzene rings is 1. The lowest BCUT2D eigenvalue weighted by atomic mass is 10.00. The van der Waals surface area contributed by atoms with Crippen LogP contribution in [0.1, 0.15) is 25.3 Å². The zero-order valence-electron chi connectivity index (χ0n) is 10.9. The molecule has 98 valence electrons. The van der Waals surface area contributed by atoms with Crippen molar-refractivity contribution in [3.8, 4) is 0 Å². The maximum atomic E-state index is 13.4. The van der Waals surface area contributed by atoms with E-state index in [0.29, 0.717) is 17.2 Å². The van der Waals surface area contributed by atoms with E-state index in [9.17, 15) is 9.18 Å². The van der Waals surface area contributed by atoms with E-state index >= 15 is 0 Å². The predicted molar refractivity (Wildman–Crippen MR) is 70.1 cm³/mol. The smallest absolute Gasteiger partial charge is 0.321 e. The van der Waals surface area contributed by atoms with Crippen LogP contribution in [0.2, 0.25) is 0 Å². The Morgan fingerprint density at radius 2 is 2.06 bits per heavy atom. The molecule has 1 heterocycles. The fourth-order valence-corrected chi connectivity index (χ4v) is 2.08. The van der Waals surface area contributed by atoms with Crippen molar-refractivity contribution in [3.63, 3.8) is 0 Å². The van der Waals surface area contributed by atoms with Gasteiger partial charge < -0.3 is 10.2 Å². The molecule has 0 radical (unpaired) electrons. The molecule has 18 heavy (non-hydrogen) atoms. The normalized spacial score (nSPS) is 16.7. The summed E-state index contributed by atoms with van der Waals surface area (Å²) in [7, 11) is 0. The van der Waals surface area contributed by atoms with E-state index in [2.05, 4.69) is 12.2 Å². The highest BCUT2D eigenvalue weighted by atomic mass is 19.1. The molecule has 0 unspecified atom stereocenters. The van der Waals surface area contributed by atoms with Crippen molar-refractivity contribution in [2.75, 3.05) is 18.4 Å². The van der Waals surface area contributed by atoms with Gasteiger partial charge in [0.2, 0.25) is 0 Å². The molecule has 0 saturated carbocycles. The van der Waals surface area contributed by atoms with Gasteiger partial charge in [0.05, 0.1) is 0 Å². The summed E-state index contributed by atoms with van der Waals surface area (Å²) < 4.78 is 13.4. The van der Waals surface area contributed by atoms with Crippen LogP contribution in [0.15, 0.2) is 18.2 Å².